The molecule has 17 heavy (non-hydrogen) atoms. The van der Waals surface area contributed by atoms with Gasteiger partial charge in [0.05, 0.1) is 13.5 Å². The minimum Gasteiger partial charge on any atom is -0.469 e. The molecule has 0 radical (unpaired) electrons. The van der Waals surface area contributed by atoms with E-state index in [9.17, 15) is 9.59 Å². The molecule has 0 spiro atoms. The molecule has 0 fully saturated rings. The summed E-state index contributed by atoms with van der Waals surface area (Å²) in [5.41, 5.74) is -0.114. The van der Waals surface area contributed by atoms with Crippen LogP contribution in [0.25, 0.3) is 0 Å². The average molecular weight is 256 g/mol. The van der Waals surface area contributed by atoms with Crippen LogP contribution in [-0.2, 0) is 16.1 Å². The molecule has 1 unspecified atom stereocenters. The Morgan fingerprint density at radius 1 is 1.65 bits per heavy atom. The molecule has 1 aromatic heterocycles. The molecule has 1 atom stereocenters. The minimum absolute atomic E-state index is 0.0321. The normalized spacial score (nSPS) is 12.2. The van der Waals surface area contributed by atoms with Crippen LogP contribution in [-0.4, -0.2) is 27.9 Å². The number of carbonyl (C=O) groups excluding carboxylic acids is 1. The second-order valence-corrected chi connectivity index (χ2v) is 4.96. The van der Waals surface area contributed by atoms with Crippen LogP contribution in [0.2, 0.25) is 0 Å². The predicted molar refractivity (Wildman–Crippen MR) is 66.1 cm³/mol. The standard InChI is InChI=1S/C11H16N2O3S/c1-4-13-6-5-12-10(11(13)15)17-8(2)7-9(14)16-3/h5-6,8H,4,7H2,1-3H3. The summed E-state index contributed by atoms with van der Waals surface area (Å²) in [6, 6.07) is 0. The smallest absolute Gasteiger partial charge is 0.306 e. The quantitative estimate of drug-likeness (QED) is 0.587. The average Bonchev–Trinajstić information content (AvgIpc) is 2.31. The zero-order valence-corrected chi connectivity index (χ0v) is 11.0. The van der Waals surface area contributed by atoms with Gasteiger partial charge in [-0.2, -0.15) is 0 Å². The molecular weight excluding hydrogens is 240 g/mol. The van der Waals surface area contributed by atoms with Gasteiger partial charge in [-0.1, -0.05) is 18.7 Å². The number of rotatable bonds is 5. The van der Waals surface area contributed by atoms with E-state index in [1.54, 1.807) is 17.0 Å². The van der Waals surface area contributed by atoms with Gasteiger partial charge in [0.15, 0.2) is 5.03 Å². The summed E-state index contributed by atoms with van der Waals surface area (Å²) in [5.74, 6) is -0.281. The van der Waals surface area contributed by atoms with Crippen LogP contribution in [0.5, 0.6) is 0 Å². The maximum atomic E-state index is 11.9. The monoisotopic (exact) mass is 256 g/mol. The maximum absolute atomic E-state index is 11.9. The highest BCUT2D eigenvalue weighted by Crippen LogP contribution is 2.20. The first kappa shape index (κ1) is 13.8. The molecule has 0 amide bonds. The lowest BCUT2D eigenvalue weighted by Crippen LogP contribution is -2.22. The van der Waals surface area contributed by atoms with E-state index >= 15 is 0 Å². The largest absolute Gasteiger partial charge is 0.469 e. The Balaban J connectivity index is 2.75. The molecule has 0 aliphatic rings. The second-order valence-electron chi connectivity index (χ2n) is 3.53. The molecule has 0 aliphatic carbocycles. The van der Waals surface area contributed by atoms with E-state index < -0.39 is 0 Å². The van der Waals surface area contributed by atoms with Crippen LogP contribution in [0, 0.1) is 0 Å². The molecule has 0 aromatic carbocycles. The third kappa shape index (κ3) is 3.89. The van der Waals surface area contributed by atoms with Crippen molar-refractivity contribution in [2.24, 2.45) is 0 Å². The summed E-state index contributed by atoms with van der Waals surface area (Å²) >= 11 is 1.30. The Labute approximate surface area is 104 Å². The van der Waals surface area contributed by atoms with Crippen LogP contribution in [0.3, 0.4) is 0 Å². The van der Waals surface area contributed by atoms with Crippen molar-refractivity contribution in [1.29, 1.82) is 0 Å². The number of hydrogen-bond donors (Lipinski definition) is 0. The molecule has 0 bridgehead atoms. The van der Waals surface area contributed by atoms with Crippen LogP contribution in [0.4, 0.5) is 0 Å². The highest BCUT2D eigenvalue weighted by molar-refractivity contribution is 7.99. The number of esters is 1. The van der Waals surface area contributed by atoms with Crippen molar-refractivity contribution < 1.29 is 9.53 Å². The van der Waals surface area contributed by atoms with Crippen molar-refractivity contribution in [3.63, 3.8) is 0 Å². The maximum Gasteiger partial charge on any atom is 0.306 e. The zero-order chi connectivity index (χ0) is 12.8. The van der Waals surface area contributed by atoms with E-state index in [1.807, 2.05) is 13.8 Å². The van der Waals surface area contributed by atoms with Gasteiger partial charge in [0.2, 0.25) is 0 Å². The first-order valence-corrected chi connectivity index (χ1v) is 6.25. The second kappa shape index (κ2) is 6.44. The Kier molecular flexibility index (Phi) is 5.21. The van der Waals surface area contributed by atoms with Gasteiger partial charge in [-0.3, -0.25) is 9.59 Å². The van der Waals surface area contributed by atoms with E-state index in [0.29, 0.717) is 11.6 Å². The van der Waals surface area contributed by atoms with E-state index in [2.05, 4.69) is 9.72 Å². The van der Waals surface area contributed by atoms with Crippen molar-refractivity contribution in [3.05, 3.63) is 22.7 Å². The topological polar surface area (TPSA) is 61.2 Å². The highest BCUT2D eigenvalue weighted by atomic mass is 32.2. The zero-order valence-electron chi connectivity index (χ0n) is 10.2. The summed E-state index contributed by atoms with van der Waals surface area (Å²) in [6.07, 6.45) is 3.51. The summed E-state index contributed by atoms with van der Waals surface area (Å²) in [7, 11) is 1.35. The van der Waals surface area contributed by atoms with E-state index in [-0.39, 0.29) is 23.2 Å². The highest BCUT2D eigenvalue weighted by Gasteiger charge is 2.14. The molecular formula is C11H16N2O3S. The molecule has 5 nitrogen and oxygen atoms in total. The lowest BCUT2D eigenvalue weighted by Gasteiger charge is -2.09. The molecule has 6 heteroatoms. The van der Waals surface area contributed by atoms with E-state index in [4.69, 9.17) is 0 Å². The molecule has 0 saturated heterocycles. The number of aromatic nitrogens is 2. The van der Waals surface area contributed by atoms with Crippen LogP contribution in [0.1, 0.15) is 20.3 Å². The lowest BCUT2D eigenvalue weighted by molar-refractivity contribution is -0.140. The first-order valence-electron chi connectivity index (χ1n) is 5.37. The van der Waals surface area contributed by atoms with Gasteiger partial charge in [0.25, 0.3) is 5.56 Å². The Hall–Kier alpha value is -1.30. The SMILES string of the molecule is CCn1ccnc(SC(C)CC(=O)OC)c1=O. The van der Waals surface area contributed by atoms with E-state index in [0.717, 1.165) is 0 Å². The number of aryl methyl sites for hydroxylation is 1. The number of thioether (sulfide) groups is 1. The summed E-state index contributed by atoms with van der Waals surface area (Å²) in [5, 5.41) is 0.390. The number of carbonyl (C=O) groups is 1. The lowest BCUT2D eigenvalue weighted by atomic mass is 10.3. The third-order valence-corrected chi connectivity index (χ3v) is 3.29. The van der Waals surface area contributed by atoms with Crippen LogP contribution < -0.4 is 5.56 Å². The van der Waals surface area contributed by atoms with Crippen molar-refractivity contribution in [2.45, 2.75) is 37.1 Å². The van der Waals surface area contributed by atoms with Gasteiger partial charge in [-0.05, 0) is 6.92 Å². The molecule has 0 N–H and O–H groups in total. The Morgan fingerprint density at radius 3 is 2.94 bits per heavy atom. The van der Waals surface area contributed by atoms with Crippen molar-refractivity contribution in [2.75, 3.05) is 7.11 Å². The van der Waals surface area contributed by atoms with Crippen molar-refractivity contribution >= 4 is 17.7 Å². The fraction of sp³-hybridized carbons (Fsp3) is 0.545. The number of hydrogen-bond acceptors (Lipinski definition) is 5. The fourth-order valence-electron chi connectivity index (χ4n) is 1.31. The van der Waals surface area contributed by atoms with Gasteiger partial charge in [-0.25, -0.2) is 4.98 Å². The molecule has 1 aromatic rings. The predicted octanol–water partition coefficient (Wildman–Crippen LogP) is 1.31. The number of methoxy groups -OCH3 is 1. The Morgan fingerprint density at radius 2 is 2.35 bits per heavy atom. The van der Waals surface area contributed by atoms with Gasteiger partial charge < -0.3 is 9.30 Å². The van der Waals surface area contributed by atoms with Gasteiger partial charge in [-0.15, -0.1) is 0 Å². The van der Waals surface area contributed by atoms with Gasteiger partial charge in [0.1, 0.15) is 0 Å². The third-order valence-electron chi connectivity index (χ3n) is 2.22. The van der Waals surface area contributed by atoms with Crippen molar-refractivity contribution in [1.82, 2.24) is 9.55 Å². The summed E-state index contributed by atoms with van der Waals surface area (Å²) < 4.78 is 6.16. The molecule has 1 rings (SSSR count). The van der Waals surface area contributed by atoms with Gasteiger partial charge in [0, 0.05) is 24.2 Å². The van der Waals surface area contributed by atoms with Crippen molar-refractivity contribution in [3.8, 4) is 0 Å². The number of ether oxygens (including phenoxy) is 1. The van der Waals surface area contributed by atoms with E-state index in [1.165, 1.54) is 18.9 Å². The first-order chi connectivity index (χ1) is 8.08. The van der Waals surface area contributed by atoms with Crippen LogP contribution >= 0.6 is 11.8 Å². The minimum atomic E-state index is -0.281. The van der Waals surface area contributed by atoms with Gasteiger partial charge >= 0.3 is 5.97 Å². The Bertz CT molecular complexity index is 445. The van der Waals surface area contributed by atoms with Crippen LogP contribution in [0.15, 0.2) is 22.2 Å². The molecule has 0 aliphatic heterocycles. The summed E-state index contributed by atoms with van der Waals surface area (Å²) in [4.78, 5) is 27.0. The molecule has 0 saturated carbocycles. The fourth-order valence-corrected chi connectivity index (χ4v) is 2.25. The summed E-state index contributed by atoms with van der Waals surface area (Å²) in [6.45, 7) is 4.38. The number of nitrogens with zero attached hydrogens (tertiary/aromatic N) is 2. The molecule has 94 valence electrons. The molecule has 1 heterocycles.